The van der Waals surface area contributed by atoms with Crippen LogP contribution in [0.4, 0.5) is 14.5 Å². The average Bonchev–Trinajstić information content (AvgIpc) is 2.38. The van der Waals surface area contributed by atoms with Crippen LogP contribution in [0, 0.1) is 25.5 Å². The quantitative estimate of drug-likeness (QED) is 0.845. The standard InChI is InChI=1S/C16H15F2NO/c1-9-5-10(2)16-14(6-9)19-8-15(20-16)12-4-3-11(17)7-13(12)18/h3-7,15,19H,8H2,1-2H3. The Balaban J connectivity index is 1.96. The van der Waals surface area contributed by atoms with Gasteiger partial charge in [0.2, 0.25) is 0 Å². The van der Waals surface area contributed by atoms with E-state index in [0.717, 1.165) is 28.6 Å². The van der Waals surface area contributed by atoms with Crippen LogP contribution in [-0.2, 0) is 0 Å². The lowest BCUT2D eigenvalue weighted by atomic mass is 10.0. The minimum absolute atomic E-state index is 0.365. The summed E-state index contributed by atoms with van der Waals surface area (Å²) in [6, 6.07) is 7.59. The van der Waals surface area contributed by atoms with E-state index in [2.05, 4.69) is 5.32 Å². The number of fused-ring (bicyclic) bond motifs is 1. The molecule has 0 saturated heterocycles. The summed E-state index contributed by atoms with van der Waals surface area (Å²) in [6.07, 6.45) is -0.454. The van der Waals surface area contributed by atoms with Crippen LogP contribution in [0.5, 0.6) is 5.75 Å². The van der Waals surface area contributed by atoms with E-state index in [1.165, 1.54) is 12.1 Å². The Morgan fingerprint density at radius 2 is 1.95 bits per heavy atom. The van der Waals surface area contributed by atoms with E-state index in [0.29, 0.717) is 12.1 Å². The summed E-state index contributed by atoms with van der Waals surface area (Å²) in [7, 11) is 0. The highest BCUT2D eigenvalue weighted by Gasteiger charge is 2.25. The highest BCUT2D eigenvalue weighted by molar-refractivity contribution is 5.63. The summed E-state index contributed by atoms with van der Waals surface area (Å²) >= 11 is 0. The van der Waals surface area contributed by atoms with Crippen LogP contribution in [0.1, 0.15) is 22.8 Å². The number of benzene rings is 2. The van der Waals surface area contributed by atoms with Crippen molar-refractivity contribution in [3.05, 3.63) is 58.7 Å². The van der Waals surface area contributed by atoms with Crippen molar-refractivity contribution < 1.29 is 13.5 Å². The largest absolute Gasteiger partial charge is 0.481 e. The van der Waals surface area contributed by atoms with Gasteiger partial charge in [-0.1, -0.05) is 6.07 Å². The van der Waals surface area contributed by atoms with E-state index in [1.54, 1.807) is 0 Å². The third kappa shape index (κ3) is 2.22. The highest BCUT2D eigenvalue weighted by Crippen LogP contribution is 2.38. The van der Waals surface area contributed by atoms with E-state index in [4.69, 9.17) is 4.74 Å². The summed E-state index contributed by atoms with van der Waals surface area (Å²) in [4.78, 5) is 0. The zero-order chi connectivity index (χ0) is 14.3. The van der Waals surface area contributed by atoms with Crippen molar-refractivity contribution in [2.75, 3.05) is 11.9 Å². The molecule has 2 nitrogen and oxygen atoms in total. The van der Waals surface area contributed by atoms with Crippen LogP contribution < -0.4 is 10.1 Å². The van der Waals surface area contributed by atoms with Crippen molar-refractivity contribution in [1.29, 1.82) is 0 Å². The fraction of sp³-hybridized carbons (Fsp3) is 0.250. The van der Waals surface area contributed by atoms with Gasteiger partial charge in [0.15, 0.2) is 0 Å². The molecular weight excluding hydrogens is 260 g/mol. The van der Waals surface area contributed by atoms with Crippen LogP contribution in [0.25, 0.3) is 0 Å². The van der Waals surface area contributed by atoms with Gasteiger partial charge in [-0.05, 0) is 43.2 Å². The Bertz CT molecular complexity index is 670. The predicted octanol–water partition coefficient (Wildman–Crippen LogP) is 4.13. The first-order valence-electron chi connectivity index (χ1n) is 6.51. The van der Waals surface area contributed by atoms with Gasteiger partial charge < -0.3 is 10.1 Å². The normalized spacial score (nSPS) is 17.1. The second-order valence-electron chi connectivity index (χ2n) is 5.11. The molecule has 0 saturated carbocycles. The third-order valence-corrected chi connectivity index (χ3v) is 3.47. The Kier molecular flexibility index (Phi) is 3.08. The molecular formula is C16H15F2NO. The van der Waals surface area contributed by atoms with Gasteiger partial charge in [0.05, 0.1) is 12.2 Å². The number of nitrogens with one attached hydrogen (secondary N) is 1. The molecule has 0 bridgehead atoms. The summed E-state index contributed by atoms with van der Waals surface area (Å²) in [5.74, 6) is -0.428. The van der Waals surface area contributed by atoms with E-state index in [9.17, 15) is 8.78 Å². The zero-order valence-corrected chi connectivity index (χ0v) is 11.3. The van der Waals surface area contributed by atoms with Crippen LogP contribution in [0.3, 0.4) is 0 Å². The highest BCUT2D eigenvalue weighted by atomic mass is 19.1. The van der Waals surface area contributed by atoms with Crippen LogP contribution in [0.15, 0.2) is 30.3 Å². The molecule has 20 heavy (non-hydrogen) atoms. The van der Waals surface area contributed by atoms with Gasteiger partial charge in [0.25, 0.3) is 0 Å². The number of anilines is 1. The molecule has 0 spiro atoms. The lowest BCUT2D eigenvalue weighted by Gasteiger charge is -2.29. The third-order valence-electron chi connectivity index (χ3n) is 3.47. The lowest BCUT2D eigenvalue weighted by molar-refractivity contribution is 0.203. The summed E-state index contributed by atoms with van der Waals surface area (Å²) in [6.45, 7) is 4.43. The maximum atomic E-state index is 13.8. The fourth-order valence-electron chi connectivity index (χ4n) is 2.56. The predicted molar refractivity (Wildman–Crippen MR) is 74.1 cm³/mol. The zero-order valence-electron chi connectivity index (χ0n) is 11.3. The molecule has 0 amide bonds. The second kappa shape index (κ2) is 4.78. The van der Waals surface area contributed by atoms with Gasteiger partial charge >= 0.3 is 0 Å². The van der Waals surface area contributed by atoms with Crippen molar-refractivity contribution in [2.24, 2.45) is 0 Å². The molecule has 4 heteroatoms. The van der Waals surface area contributed by atoms with E-state index >= 15 is 0 Å². The van der Waals surface area contributed by atoms with Crippen LogP contribution in [-0.4, -0.2) is 6.54 Å². The van der Waals surface area contributed by atoms with Crippen molar-refractivity contribution >= 4 is 5.69 Å². The van der Waals surface area contributed by atoms with Crippen molar-refractivity contribution in [3.8, 4) is 5.75 Å². The van der Waals surface area contributed by atoms with Gasteiger partial charge in [-0.15, -0.1) is 0 Å². The number of hydrogen-bond acceptors (Lipinski definition) is 2. The van der Waals surface area contributed by atoms with Gasteiger partial charge in [0, 0.05) is 11.6 Å². The first-order valence-corrected chi connectivity index (χ1v) is 6.51. The second-order valence-corrected chi connectivity index (χ2v) is 5.11. The molecule has 1 heterocycles. The van der Waals surface area contributed by atoms with Gasteiger partial charge in [0.1, 0.15) is 23.5 Å². The van der Waals surface area contributed by atoms with Crippen LogP contribution >= 0.6 is 0 Å². The van der Waals surface area contributed by atoms with E-state index in [1.807, 2.05) is 26.0 Å². The van der Waals surface area contributed by atoms with Crippen molar-refractivity contribution in [1.82, 2.24) is 0 Å². The number of hydrogen-bond donors (Lipinski definition) is 1. The molecule has 0 radical (unpaired) electrons. The molecule has 1 aliphatic heterocycles. The molecule has 104 valence electrons. The first kappa shape index (κ1) is 12.9. The average molecular weight is 275 g/mol. The topological polar surface area (TPSA) is 21.3 Å². The molecule has 1 aliphatic rings. The molecule has 2 aromatic carbocycles. The van der Waals surface area contributed by atoms with Crippen molar-refractivity contribution in [3.63, 3.8) is 0 Å². The molecule has 1 N–H and O–H groups in total. The SMILES string of the molecule is Cc1cc(C)c2c(c1)NCC(c1ccc(F)cc1F)O2. The number of halogens is 2. The Morgan fingerprint density at radius 1 is 1.15 bits per heavy atom. The Morgan fingerprint density at radius 3 is 2.70 bits per heavy atom. The van der Waals surface area contributed by atoms with E-state index < -0.39 is 17.7 Å². The summed E-state index contributed by atoms with van der Waals surface area (Å²) in [5.41, 5.74) is 3.43. The first-order chi connectivity index (χ1) is 9.54. The molecule has 2 aromatic rings. The molecule has 0 aliphatic carbocycles. The minimum Gasteiger partial charge on any atom is -0.481 e. The van der Waals surface area contributed by atoms with Gasteiger partial charge in [-0.3, -0.25) is 0 Å². The van der Waals surface area contributed by atoms with Crippen LogP contribution in [0.2, 0.25) is 0 Å². The Labute approximate surface area is 116 Å². The molecule has 0 fully saturated rings. The van der Waals surface area contributed by atoms with Crippen molar-refractivity contribution in [2.45, 2.75) is 20.0 Å². The monoisotopic (exact) mass is 275 g/mol. The number of rotatable bonds is 1. The molecule has 3 rings (SSSR count). The summed E-state index contributed by atoms with van der Waals surface area (Å²) < 4.78 is 32.7. The Hall–Kier alpha value is -2.10. The smallest absolute Gasteiger partial charge is 0.146 e. The fourth-order valence-corrected chi connectivity index (χ4v) is 2.56. The number of ether oxygens (including phenoxy) is 1. The van der Waals surface area contributed by atoms with Gasteiger partial charge in [-0.25, -0.2) is 8.78 Å². The number of aryl methyl sites for hydroxylation is 2. The minimum atomic E-state index is -0.581. The molecule has 1 atom stereocenters. The maximum Gasteiger partial charge on any atom is 0.146 e. The van der Waals surface area contributed by atoms with Gasteiger partial charge in [-0.2, -0.15) is 0 Å². The lowest BCUT2D eigenvalue weighted by Crippen LogP contribution is -2.25. The maximum absolute atomic E-state index is 13.8. The summed E-state index contributed by atoms with van der Waals surface area (Å²) in [5, 5.41) is 3.25. The molecule has 0 aromatic heterocycles. The molecule has 1 unspecified atom stereocenters. The van der Waals surface area contributed by atoms with E-state index in [-0.39, 0.29) is 0 Å².